The Balaban J connectivity index is 1.45. The van der Waals surface area contributed by atoms with Crippen molar-refractivity contribution < 1.29 is 9.47 Å². The maximum absolute atomic E-state index is 5.38. The van der Waals surface area contributed by atoms with Gasteiger partial charge in [-0.15, -0.1) is 10.2 Å². The van der Waals surface area contributed by atoms with E-state index in [-0.39, 0.29) is 6.79 Å². The van der Waals surface area contributed by atoms with Gasteiger partial charge < -0.3 is 14.0 Å². The van der Waals surface area contributed by atoms with Gasteiger partial charge in [0.05, 0.1) is 11.7 Å². The van der Waals surface area contributed by atoms with E-state index in [1.54, 1.807) is 6.21 Å². The Bertz CT molecular complexity index is 1200. The quantitative estimate of drug-likeness (QED) is 0.425. The van der Waals surface area contributed by atoms with Crippen molar-refractivity contribution in [2.75, 3.05) is 12.2 Å². The van der Waals surface area contributed by atoms with Crippen molar-refractivity contribution >= 4 is 34.2 Å². The summed E-state index contributed by atoms with van der Waals surface area (Å²) in [6.07, 6.45) is 2.68. The second-order valence-electron chi connectivity index (χ2n) is 6.46. The number of ether oxygens (including phenoxy) is 2. The predicted octanol–water partition coefficient (Wildman–Crippen LogP) is 3.56. The van der Waals surface area contributed by atoms with Gasteiger partial charge in [0.25, 0.3) is 5.95 Å². The molecule has 0 unspecified atom stereocenters. The summed E-state index contributed by atoms with van der Waals surface area (Å²) < 4.78 is 12.9. The van der Waals surface area contributed by atoms with E-state index < -0.39 is 0 Å². The number of hydrogen-bond acceptors (Lipinski definition) is 7. The zero-order chi connectivity index (χ0) is 18.9. The highest BCUT2D eigenvalue weighted by Crippen LogP contribution is 2.32. The molecule has 0 radical (unpaired) electrons. The van der Waals surface area contributed by atoms with Crippen LogP contribution in [0.4, 0.5) is 5.95 Å². The van der Waals surface area contributed by atoms with Crippen molar-refractivity contribution in [3.05, 3.63) is 48.0 Å². The molecule has 1 aliphatic heterocycles. The Hall–Kier alpha value is -3.68. The normalized spacial score (nSPS) is 13.0. The minimum atomic E-state index is 0.249. The molecule has 2 aromatic carbocycles. The van der Waals surface area contributed by atoms with E-state index in [0.29, 0.717) is 11.7 Å². The molecule has 8 heteroatoms. The van der Waals surface area contributed by atoms with Crippen LogP contribution in [-0.2, 0) is 6.54 Å². The van der Waals surface area contributed by atoms with Gasteiger partial charge in [-0.05, 0) is 36.2 Å². The van der Waals surface area contributed by atoms with E-state index in [1.807, 2.05) is 36.4 Å². The van der Waals surface area contributed by atoms with Gasteiger partial charge in [-0.2, -0.15) is 10.1 Å². The second kappa shape index (κ2) is 6.80. The Kier molecular flexibility index (Phi) is 4.01. The molecule has 0 saturated carbocycles. The Morgan fingerprint density at radius 3 is 2.96 bits per heavy atom. The molecule has 4 aromatic rings. The van der Waals surface area contributed by atoms with Gasteiger partial charge in [0.15, 0.2) is 17.1 Å². The minimum absolute atomic E-state index is 0.249. The summed E-state index contributed by atoms with van der Waals surface area (Å²) in [5.74, 6) is 1.81. The third-order valence-corrected chi connectivity index (χ3v) is 4.60. The second-order valence-corrected chi connectivity index (χ2v) is 6.46. The van der Waals surface area contributed by atoms with Gasteiger partial charge in [-0.3, -0.25) is 0 Å². The van der Waals surface area contributed by atoms with Gasteiger partial charge in [-0.1, -0.05) is 25.1 Å². The maximum atomic E-state index is 5.38. The third-order valence-electron chi connectivity index (χ3n) is 4.60. The van der Waals surface area contributed by atoms with Crippen molar-refractivity contribution in [2.45, 2.75) is 19.9 Å². The predicted molar refractivity (Wildman–Crippen MR) is 107 cm³/mol. The summed E-state index contributed by atoms with van der Waals surface area (Å²) in [6, 6.07) is 13.8. The minimum Gasteiger partial charge on any atom is -0.454 e. The number of hydrazone groups is 1. The first-order valence-corrected chi connectivity index (χ1v) is 9.14. The summed E-state index contributed by atoms with van der Waals surface area (Å²) in [4.78, 5) is 4.64. The molecule has 28 heavy (non-hydrogen) atoms. The number of nitrogens with zero attached hydrogens (tertiary/aromatic N) is 5. The van der Waals surface area contributed by atoms with E-state index >= 15 is 0 Å². The van der Waals surface area contributed by atoms with Crippen molar-refractivity contribution in [1.82, 2.24) is 19.7 Å². The molecule has 1 N–H and O–H groups in total. The fraction of sp³-hybridized carbons (Fsp3) is 0.200. The molecule has 0 aliphatic carbocycles. The number of rotatable bonds is 5. The van der Waals surface area contributed by atoms with Crippen molar-refractivity contribution in [3.8, 4) is 11.5 Å². The van der Waals surface area contributed by atoms with Crippen LogP contribution in [0, 0.1) is 0 Å². The zero-order valence-electron chi connectivity index (χ0n) is 15.3. The smallest absolute Gasteiger partial charge is 0.265 e. The lowest BCUT2D eigenvalue weighted by Gasteiger charge is -2.04. The number of para-hydroxylation sites is 1. The van der Waals surface area contributed by atoms with Crippen LogP contribution in [0.25, 0.3) is 22.1 Å². The fourth-order valence-corrected chi connectivity index (χ4v) is 3.36. The number of anilines is 1. The van der Waals surface area contributed by atoms with Crippen LogP contribution in [-0.4, -0.2) is 32.8 Å². The standard InChI is InChI=1S/C20H18N6O2/c1-2-9-26-15-6-4-3-5-14(15)18-19(26)22-20(25-23-18)24-21-11-13-7-8-16-17(10-13)28-12-27-16/h3-8,10-11H,2,9,12H2,1H3,(H,22,24,25)/b21-11+. The Labute approximate surface area is 160 Å². The highest BCUT2D eigenvalue weighted by atomic mass is 16.7. The highest BCUT2D eigenvalue weighted by molar-refractivity contribution is 6.04. The molecule has 2 aromatic heterocycles. The average Bonchev–Trinajstić information content (AvgIpc) is 3.31. The average molecular weight is 374 g/mol. The first kappa shape index (κ1) is 16.5. The first-order valence-electron chi connectivity index (χ1n) is 9.14. The monoisotopic (exact) mass is 374 g/mol. The van der Waals surface area contributed by atoms with E-state index in [4.69, 9.17) is 9.47 Å². The molecule has 0 atom stereocenters. The third kappa shape index (κ3) is 2.79. The highest BCUT2D eigenvalue weighted by Gasteiger charge is 2.14. The summed E-state index contributed by atoms with van der Waals surface area (Å²) in [7, 11) is 0. The molecule has 0 fully saturated rings. The summed E-state index contributed by atoms with van der Waals surface area (Å²) in [5, 5.41) is 13.8. The topological polar surface area (TPSA) is 86.5 Å². The van der Waals surface area contributed by atoms with Gasteiger partial charge >= 0.3 is 0 Å². The Morgan fingerprint density at radius 1 is 1.14 bits per heavy atom. The molecule has 0 bridgehead atoms. The van der Waals surface area contributed by atoms with Crippen LogP contribution in [0.5, 0.6) is 11.5 Å². The molecule has 1 aliphatic rings. The van der Waals surface area contributed by atoms with Gasteiger partial charge in [0, 0.05) is 11.9 Å². The van der Waals surface area contributed by atoms with Gasteiger partial charge in [-0.25, -0.2) is 5.43 Å². The number of nitrogens with one attached hydrogen (secondary N) is 1. The molecule has 8 nitrogen and oxygen atoms in total. The molecule has 5 rings (SSSR count). The van der Waals surface area contributed by atoms with Crippen molar-refractivity contribution in [1.29, 1.82) is 0 Å². The lowest BCUT2D eigenvalue weighted by molar-refractivity contribution is 0.174. The Morgan fingerprint density at radius 2 is 2.04 bits per heavy atom. The van der Waals surface area contributed by atoms with Gasteiger partial charge in [0.1, 0.15) is 5.52 Å². The fourth-order valence-electron chi connectivity index (χ4n) is 3.36. The summed E-state index contributed by atoms with van der Waals surface area (Å²) >= 11 is 0. The summed E-state index contributed by atoms with van der Waals surface area (Å²) in [6.45, 7) is 3.26. The molecule has 0 spiro atoms. The van der Waals surface area contributed by atoms with Crippen LogP contribution in [0.15, 0.2) is 47.6 Å². The van der Waals surface area contributed by atoms with Crippen LogP contribution < -0.4 is 14.9 Å². The van der Waals surface area contributed by atoms with Crippen LogP contribution in [0.3, 0.4) is 0 Å². The molecule has 3 heterocycles. The lowest BCUT2D eigenvalue weighted by Crippen LogP contribution is -2.03. The lowest BCUT2D eigenvalue weighted by atomic mass is 10.2. The number of hydrogen-bond donors (Lipinski definition) is 1. The summed E-state index contributed by atoms with van der Waals surface area (Å²) in [5.41, 5.74) is 6.46. The van der Waals surface area contributed by atoms with Crippen molar-refractivity contribution in [2.24, 2.45) is 5.10 Å². The van der Waals surface area contributed by atoms with E-state index in [2.05, 4.69) is 43.3 Å². The van der Waals surface area contributed by atoms with Gasteiger partial charge in [0.2, 0.25) is 6.79 Å². The molecule has 140 valence electrons. The van der Waals surface area contributed by atoms with E-state index in [1.165, 1.54) is 0 Å². The first-order chi connectivity index (χ1) is 13.8. The number of aryl methyl sites for hydroxylation is 1. The number of fused-ring (bicyclic) bond motifs is 4. The molecular weight excluding hydrogens is 356 g/mol. The van der Waals surface area contributed by atoms with Crippen molar-refractivity contribution in [3.63, 3.8) is 0 Å². The molecule has 0 amide bonds. The number of benzene rings is 2. The SMILES string of the molecule is CCCn1c2ccccc2c2nnc(N/N=C/c3ccc4c(c3)OCO4)nc21. The van der Waals surface area contributed by atoms with Crippen LogP contribution >= 0.6 is 0 Å². The van der Waals surface area contributed by atoms with Crippen LogP contribution in [0.1, 0.15) is 18.9 Å². The molecule has 0 saturated heterocycles. The van der Waals surface area contributed by atoms with E-state index in [9.17, 15) is 0 Å². The number of aromatic nitrogens is 4. The van der Waals surface area contributed by atoms with E-state index in [0.717, 1.165) is 46.3 Å². The molecular formula is C20H18N6O2. The zero-order valence-corrected chi connectivity index (χ0v) is 15.3. The van der Waals surface area contributed by atoms with Crippen LogP contribution in [0.2, 0.25) is 0 Å². The maximum Gasteiger partial charge on any atom is 0.265 e. The largest absolute Gasteiger partial charge is 0.454 e.